The Morgan fingerprint density at radius 1 is 1.10 bits per heavy atom. The van der Waals surface area contributed by atoms with Crippen LogP contribution in [-0.4, -0.2) is 22.6 Å². The van der Waals surface area contributed by atoms with Crippen LogP contribution < -0.4 is 11.1 Å². The molecule has 0 saturated carbocycles. The lowest BCUT2D eigenvalue weighted by Crippen LogP contribution is -2.25. The van der Waals surface area contributed by atoms with Crippen LogP contribution in [0.25, 0.3) is 0 Å². The number of nitrogens with one attached hydrogen (secondary N) is 2. The smallest absolute Gasteiger partial charge is 0.273 e. The predicted octanol–water partition coefficient (Wildman–Crippen LogP) is 3.42. The third kappa shape index (κ3) is 6.19. The number of nitrogen functional groups attached to an aromatic ring is 1. The number of aromatic amines is 1. The van der Waals surface area contributed by atoms with Gasteiger partial charge < -0.3 is 11.1 Å². The van der Waals surface area contributed by atoms with Gasteiger partial charge in [-0.05, 0) is 12.8 Å². The molecule has 4 N–H and O–H groups in total. The van der Waals surface area contributed by atoms with Crippen molar-refractivity contribution in [2.24, 2.45) is 0 Å². The van der Waals surface area contributed by atoms with Gasteiger partial charge in [0.25, 0.3) is 5.91 Å². The topological polar surface area (TPSA) is 83.8 Å². The molecule has 1 heterocycles. The summed E-state index contributed by atoms with van der Waals surface area (Å²) in [5.41, 5.74) is 7.50. The number of carbonyl (C=O) groups excluding carboxylic acids is 1. The molecule has 0 unspecified atom stereocenters. The Kier molecular flexibility index (Phi) is 8.55. The lowest BCUT2D eigenvalue weighted by molar-refractivity contribution is 0.0949. The summed E-state index contributed by atoms with van der Waals surface area (Å²) in [4.78, 5) is 11.9. The zero-order valence-corrected chi connectivity index (χ0v) is 13.5. The Hall–Kier alpha value is -1.52. The van der Waals surface area contributed by atoms with Gasteiger partial charge in [0, 0.05) is 6.54 Å². The van der Waals surface area contributed by atoms with Crippen molar-refractivity contribution in [2.45, 2.75) is 71.6 Å². The number of aryl methyl sites for hydroxylation is 1. The molecule has 0 atom stereocenters. The molecular formula is C16H30N4O. The molecule has 1 aromatic rings. The van der Waals surface area contributed by atoms with E-state index in [9.17, 15) is 4.79 Å². The fourth-order valence-electron chi connectivity index (χ4n) is 2.37. The second kappa shape index (κ2) is 10.2. The van der Waals surface area contributed by atoms with Crippen molar-refractivity contribution in [1.82, 2.24) is 15.5 Å². The average molecular weight is 294 g/mol. The minimum atomic E-state index is -0.175. The third-order valence-electron chi connectivity index (χ3n) is 3.77. The zero-order chi connectivity index (χ0) is 15.5. The van der Waals surface area contributed by atoms with Gasteiger partial charge in [0.05, 0.1) is 11.4 Å². The van der Waals surface area contributed by atoms with Gasteiger partial charge in [-0.25, -0.2) is 0 Å². The Morgan fingerprint density at radius 2 is 1.71 bits per heavy atom. The molecule has 1 rings (SSSR count). The first kappa shape index (κ1) is 17.5. The number of aromatic nitrogens is 2. The number of amides is 1. The van der Waals surface area contributed by atoms with Crippen LogP contribution in [0.15, 0.2) is 0 Å². The normalized spacial score (nSPS) is 10.8. The molecule has 0 saturated heterocycles. The van der Waals surface area contributed by atoms with Crippen molar-refractivity contribution in [2.75, 3.05) is 12.3 Å². The predicted molar refractivity (Wildman–Crippen MR) is 87.3 cm³/mol. The van der Waals surface area contributed by atoms with E-state index in [4.69, 9.17) is 5.73 Å². The number of nitrogens with two attached hydrogens (primary N) is 1. The van der Waals surface area contributed by atoms with Crippen LogP contribution in [0.4, 0.5) is 5.69 Å². The van der Waals surface area contributed by atoms with Gasteiger partial charge in [-0.2, -0.15) is 5.10 Å². The highest BCUT2D eigenvalue weighted by Crippen LogP contribution is 2.14. The number of anilines is 1. The summed E-state index contributed by atoms with van der Waals surface area (Å²) in [6.45, 7) is 4.91. The number of carbonyl (C=O) groups is 1. The second-order valence-corrected chi connectivity index (χ2v) is 5.55. The molecule has 0 aromatic carbocycles. The van der Waals surface area contributed by atoms with E-state index in [1.165, 1.54) is 44.9 Å². The molecule has 0 bridgehead atoms. The molecule has 0 fully saturated rings. The summed E-state index contributed by atoms with van der Waals surface area (Å²) in [5.74, 6) is -0.175. The summed E-state index contributed by atoms with van der Waals surface area (Å²) < 4.78 is 0. The molecule has 120 valence electrons. The maximum atomic E-state index is 11.9. The highest BCUT2D eigenvalue weighted by atomic mass is 16.1. The molecule has 0 aliphatic carbocycles. The molecule has 0 spiro atoms. The molecular weight excluding hydrogens is 264 g/mol. The van der Waals surface area contributed by atoms with Crippen LogP contribution in [0.1, 0.15) is 81.4 Å². The maximum Gasteiger partial charge on any atom is 0.273 e. The lowest BCUT2D eigenvalue weighted by Gasteiger charge is -2.04. The minimum Gasteiger partial charge on any atom is -0.395 e. The van der Waals surface area contributed by atoms with E-state index in [0.29, 0.717) is 17.9 Å². The van der Waals surface area contributed by atoms with Crippen LogP contribution in [0, 0.1) is 0 Å². The van der Waals surface area contributed by atoms with E-state index >= 15 is 0 Å². The highest BCUT2D eigenvalue weighted by Gasteiger charge is 2.15. The van der Waals surface area contributed by atoms with E-state index in [0.717, 1.165) is 18.5 Å². The van der Waals surface area contributed by atoms with Gasteiger partial charge in [0.2, 0.25) is 0 Å². The van der Waals surface area contributed by atoms with Gasteiger partial charge in [0.15, 0.2) is 5.69 Å². The number of hydrogen-bond acceptors (Lipinski definition) is 3. The molecule has 0 radical (unpaired) electrons. The second-order valence-electron chi connectivity index (χ2n) is 5.55. The summed E-state index contributed by atoms with van der Waals surface area (Å²) in [7, 11) is 0. The fraction of sp³-hybridized carbons (Fsp3) is 0.750. The summed E-state index contributed by atoms with van der Waals surface area (Å²) >= 11 is 0. The van der Waals surface area contributed by atoms with Crippen molar-refractivity contribution in [3.63, 3.8) is 0 Å². The number of nitrogens with zero attached hydrogens (tertiary/aromatic N) is 1. The van der Waals surface area contributed by atoms with Crippen LogP contribution in [-0.2, 0) is 6.42 Å². The van der Waals surface area contributed by atoms with Crippen LogP contribution >= 0.6 is 0 Å². The maximum absolute atomic E-state index is 11.9. The van der Waals surface area contributed by atoms with Crippen molar-refractivity contribution in [1.29, 1.82) is 0 Å². The van der Waals surface area contributed by atoms with Crippen LogP contribution in [0.3, 0.4) is 0 Å². The average Bonchev–Trinajstić information content (AvgIpc) is 2.86. The summed E-state index contributed by atoms with van der Waals surface area (Å²) in [5, 5.41) is 9.67. The first-order chi connectivity index (χ1) is 10.2. The molecule has 0 aliphatic heterocycles. The molecule has 1 aromatic heterocycles. The Morgan fingerprint density at radius 3 is 2.29 bits per heavy atom. The van der Waals surface area contributed by atoms with Crippen molar-refractivity contribution in [3.05, 3.63) is 11.4 Å². The van der Waals surface area contributed by atoms with E-state index in [1.54, 1.807) is 0 Å². The van der Waals surface area contributed by atoms with E-state index < -0.39 is 0 Å². The Balaban J connectivity index is 2.09. The first-order valence-electron chi connectivity index (χ1n) is 8.31. The van der Waals surface area contributed by atoms with Crippen molar-refractivity contribution in [3.8, 4) is 0 Å². The zero-order valence-electron chi connectivity index (χ0n) is 13.5. The van der Waals surface area contributed by atoms with Gasteiger partial charge in [-0.3, -0.25) is 9.89 Å². The highest BCUT2D eigenvalue weighted by molar-refractivity contribution is 5.97. The van der Waals surface area contributed by atoms with Crippen molar-refractivity contribution >= 4 is 11.6 Å². The number of unbranched alkanes of at least 4 members (excludes halogenated alkanes) is 7. The first-order valence-corrected chi connectivity index (χ1v) is 8.31. The van der Waals surface area contributed by atoms with Gasteiger partial charge in [0.1, 0.15) is 0 Å². The molecule has 5 heteroatoms. The van der Waals surface area contributed by atoms with Crippen LogP contribution in [0.5, 0.6) is 0 Å². The number of hydrogen-bond donors (Lipinski definition) is 3. The number of H-pyrrole nitrogens is 1. The lowest BCUT2D eigenvalue weighted by atomic mass is 10.1. The molecule has 5 nitrogen and oxygen atoms in total. The monoisotopic (exact) mass is 294 g/mol. The summed E-state index contributed by atoms with van der Waals surface area (Å²) in [6, 6.07) is 0. The van der Waals surface area contributed by atoms with Crippen LogP contribution in [0.2, 0.25) is 0 Å². The summed E-state index contributed by atoms with van der Waals surface area (Å²) in [6.07, 6.45) is 10.8. The number of rotatable bonds is 11. The minimum absolute atomic E-state index is 0.175. The Labute approximate surface area is 128 Å². The van der Waals surface area contributed by atoms with E-state index in [1.807, 2.05) is 6.92 Å². The fourth-order valence-corrected chi connectivity index (χ4v) is 2.37. The third-order valence-corrected chi connectivity index (χ3v) is 3.77. The van der Waals surface area contributed by atoms with Gasteiger partial charge in [-0.1, -0.05) is 58.8 Å². The van der Waals surface area contributed by atoms with E-state index in [-0.39, 0.29) is 5.91 Å². The Bertz CT molecular complexity index is 414. The molecule has 0 aliphatic rings. The van der Waals surface area contributed by atoms with Gasteiger partial charge in [-0.15, -0.1) is 0 Å². The van der Waals surface area contributed by atoms with E-state index in [2.05, 4.69) is 22.4 Å². The largest absolute Gasteiger partial charge is 0.395 e. The SMILES string of the molecule is CCCCCCCCCCNC(=O)c1n[nH]c(CC)c1N. The van der Waals surface area contributed by atoms with Crippen molar-refractivity contribution < 1.29 is 4.79 Å². The molecule has 21 heavy (non-hydrogen) atoms. The molecule has 1 amide bonds. The standard InChI is InChI=1S/C16H30N4O/c1-3-5-6-7-8-9-10-11-12-18-16(21)15-14(17)13(4-2)19-20-15/h3-12,17H2,1-2H3,(H,18,21)(H,19,20). The quantitative estimate of drug-likeness (QED) is 0.547. The van der Waals surface area contributed by atoms with Gasteiger partial charge >= 0.3 is 0 Å².